The molecule has 0 saturated carbocycles. The van der Waals surface area contributed by atoms with Crippen LogP contribution in [0.1, 0.15) is 335 Å². The Hall–Kier alpha value is -1.85. The summed E-state index contributed by atoms with van der Waals surface area (Å²) < 4.78 is 16.7. The Bertz CT molecular complexity index is 1020. The lowest BCUT2D eigenvalue weighted by atomic mass is 10.0. The van der Waals surface area contributed by atoms with Gasteiger partial charge in [-0.05, 0) is 44.9 Å². The van der Waals surface area contributed by atoms with Gasteiger partial charge in [0.05, 0.1) is 0 Å². The molecular formula is C60H114O6. The summed E-state index contributed by atoms with van der Waals surface area (Å²) in [5, 5.41) is 0. The molecule has 66 heavy (non-hydrogen) atoms. The Morgan fingerprint density at radius 3 is 0.758 bits per heavy atom. The largest absolute Gasteiger partial charge is 0.462 e. The molecule has 0 saturated heterocycles. The molecule has 0 aromatic heterocycles. The topological polar surface area (TPSA) is 78.9 Å². The van der Waals surface area contributed by atoms with Crippen LogP contribution in [0.15, 0.2) is 12.2 Å². The van der Waals surface area contributed by atoms with Gasteiger partial charge in [0, 0.05) is 19.3 Å². The zero-order chi connectivity index (χ0) is 47.9. The fourth-order valence-electron chi connectivity index (χ4n) is 9.03. The van der Waals surface area contributed by atoms with Crippen molar-refractivity contribution in [3.8, 4) is 0 Å². The Kier molecular flexibility index (Phi) is 54.2. The third kappa shape index (κ3) is 53.1. The van der Waals surface area contributed by atoms with Gasteiger partial charge in [0.25, 0.3) is 0 Å². The van der Waals surface area contributed by atoms with Crippen molar-refractivity contribution in [3.05, 3.63) is 12.2 Å². The van der Waals surface area contributed by atoms with E-state index in [2.05, 4.69) is 32.9 Å². The fourth-order valence-corrected chi connectivity index (χ4v) is 9.03. The molecule has 0 aromatic carbocycles. The summed E-state index contributed by atoms with van der Waals surface area (Å²) in [5.41, 5.74) is 0. The highest BCUT2D eigenvalue weighted by Crippen LogP contribution is 2.17. The van der Waals surface area contributed by atoms with Gasteiger partial charge in [-0.3, -0.25) is 14.4 Å². The minimum atomic E-state index is -0.760. The SMILES string of the molecule is CCCCCCCCCC/C=C\CCCCCCCCCCCCCCCCCCCC(=O)OCC(COC(=O)CCCCCCCC)OC(=O)CCCCCCCCCCCCCCC. The molecule has 0 spiro atoms. The van der Waals surface area contributed by atoms with Gasteiger partial charge in [0.2, 0.25) is 0 Å². The first kappa shape index (κ1) is 64.2. The Morgan fingerprint density at radius 1 is 0.288 bits per heavy atom. The maximum atomic E-state index is 12.7. The zero-order valence-electron chi connectivity index (χ0n) is 44.7. The van der Waals surface area contributed by atoms with Gasteiger partial charge in [-0.15, -0.1) is 0 Å². The third-order valence-electron chi connectivity index (χ3n) is 13.5. The van der Waals surface area contributed by atoms with E-state index in [1.54, 1.807) is 0 Å². The summed E-state index contributed by atoms with van der Waals surface area (Å²) in [6, 6.07) is 0. The minimum absolute atomic E-state index is 0.0643. The summed E-state index contributed by atoms with van der Waals surface area (Å²) >= 11 is 0. The molecule has 1 unspecified atom stereocenters. The summed E-state index contributed by atoms with van der Waals surface area (Å²) in [4.78, 5) is 37.8. The molecule has 0 amide bonds. The molecule has 0 rings (SSSR count). The van der Waals surface area contributed by atoms with E-state index in [0.717, 1.165) is 57.8 Å². The van der Waals surface area contributed by atoms with Crippen LogP contribution in [-0.4, -0.2) is 37.2 Å². The summed E-state index contributed by atoms with van der Waals surface area (Å²) in [6.07, 6.45) is 64.0. The number of allylic oxidation sites excluding steroid dienone is 2. The van der Waals surface area contributed by atoms with Crippen LogP contribution >= 0.6 is 0 Å². The molecule has 0 heterocycles. The van der Waals surface area contributed by atoms with Crippen molar-refractivity contribution in [2.75, 3.05) is 13.2 Å². The van der Waals surface area contributed by atoms with Crippen LogP contribution in [0.2, 0.25) is 0 Å². The fraction of sp³-hybridized carbons (Fsp3) is 0.917. The lowest BCUT2D eigenvalue weighted by Gasteiger charge is -2.18. The second kappa shape index (κ2) is 55.7. The maximum absolute atomic E-state index is 12.7. The van der Waals surface area contributed by atoms with Gasteiger partial charge in [-0.1, -0.05) is 283 Å². The van der Waals surface area contributed by atoms with Crippen molar-refractivity contribution in [1.82, 2.24) is 0 Å². The lowest BCUT2D eigenvalue weighted by Crippen LogP contribution is -2.30. The maximum Gasteiger partial charge on any atom is 0.306 e. The molecule has 390 valence electrons. The van der Waals surface area contributed by atoms with E-state index in [1.165, 1.54) is 238 Å². The Morgan fingerprint density at radius 2 is 0.500 bits per heavy atom. The molecule has 0 aromatic rings. The predicted molar refractivity (Wildman–Crippen MR) is 284 cm³/mol. The van der Waals surface area contributed by atoms with Crippen LogP contribution in [0.5, 0.6) is 0 Å². The van der Waals surface area contributed by atoms with Gasteiger partial charge in [0.1, 0.15) is 13.2 Å². The van der Waals surface area contributed by atoms with E-state index in [4.69, 9.17) is 14.2 Å². The number of hydrogen-bond donors (Lipinski definition) is 0. The van der Waals surface area contributed by atoms with Crippen molar-refractivity contribution in [2.24, 2.45) is 0 Å². The van der Waals surface area contributed by atoms with Crippen LogP contribution < -0.4 is 0 Å². The summed E-state index contributed by atoms with van der Waals surface area (Å²) in [5.74, 6) is -0.854. The number of unbranched alkanes of at least 4 members (excludes halogenated alkanes) is 42. The van der Waals surface area contributed by atoms with Crippen LogP contribution in [0.3, 0.4) is 0 Å². The van der Waals surface area contributed by atoms with E-state index >= 15 is 0 Å². The monoisotopic (exact) mass is 931 g/mol. The molecule has 0 N–H and O–H groups in total. The predicted octanol–water partition coefficient (Wildman–Crippen LogP) is 19.7. The second-order valence-electron chi connectivity index (χ2n) is 20.3. The number of carbonyl (C=O) groups is 3. The van der Waals surface area contributed by atoms with Crippen LogP contribution in [-0.2, 0) is 28.6 Å². The highest BCUT2D eigenvalue weighted by atomic mass is 16.6. The molecule has 0 aliphatic heterocycles. The number of hydrogen-bond acceptors (Lipinski definition) is 6. The third-order valence-corrected chi connectivity index (χ3v) is 13.5. The highest BCUT2D eigenvalue weighted by Gasteiger charge is 2.19. The molecule has 0 aliphatic carbocycles. The standard InChI is InChI=1S/C60H114O6/c1-4-7-10-13-16-18-20-22-23-24-25-26-27-28-29-30-31-32-33-34-35-36-37-39-40-42-44-47-50-53-59(62)65-56-57(55-64-58(61)52-49-46-15-12-9-6-3)66-60(63)54-51-48-45-43-41-38-21-19-17-14-11-8-5-2/h24-25,57H,4-23,26-56H2,1-3H3/b25-24-. The van der Waals surface area contributed by atoms with Crippen molar-refractivity contribution in [1.29, 1.82) is 0 Å². The van der Waals surface area contributed by atoms with Gasteiger partial charge < -0.3 is 14.2 Å². The molecule has 0 bridgehead atoms. The van der Waals surface area contributed by atoms with Gasteiger partial charge in [-0.25, -0.2) is 0 Å². The summed E-state index contributed by atoms with van der Waals surface area (Å²) in [6.45, 7) is 6.63. The Labute approximate surface area is 411 Å². The van der Waals surface area contributed by atoms with E-state index in [1.807, 2.05) is 0 Å². The van der Waals surface area contributed by atoms with Crippen LogP contribution in [0.25, 0.3) is 0 Å². The number of ether oxygens (including phenoxy) is 3. The average molecular weight is 932 g/mol. The van der Waals surface area contributed by atoms with E-state index in [0.29, 0.717) is 19.3 Å². The van der Waals surface area contributed by atoms with Gasteiger partial charge in [-0.2, -0.15) is 0 Å². The van der Waals surface area contributed by atoms with E-state index in [9.17, 15) is 14.4 Å². The lowest BCUT2D eigenvalue weighted by molar-refractivity contribution is -0.167. The molecule has 0 fully saturated rings. The molecule has 0 aliphatic rings. The quantitative estimate of drug-likeness (QED) is 0.0262. The first-order valence-corrected chi connectivity index (χ1v) is 29.7. The normalized spacial score (nSPS) is 12.0. The zero-order valence-corrected chi connectivity index (χ0v) is 44.7. The second-order valence-corrected chi connectivity index (χ2v) is 20.3. The van der Waals surface area contributed by atoms with Crippen molar-refractivity contribution in [2.45, 2.75) is 341 Å². The average Bonchev–Trinajstić information content (AvgIpc) is 3.31. The van der Waals surface area contributed by atoms with E-state index in [-0.39, 0.29) is 31.1 Å². The molecule has 1 atom stereocenters. The number of carbonyl (C=O) groups excluding carboxylic acids is 3. The molecule has 0 radical (unpaired) electrons. The molecular weight excluding hydrogens is 817 g/mol. The number of rotatable bonds is 55. The summed E-state index contributed by atoms with van der Waals surface area (Å²) in [7, 11) is 0. The van der Waals surface area contributed by atoms with Crippen LogP contribution in [0, 0.1) is 0 Å². The molecule has 6 nitrogen and oxygen atoms in total. The Balaban J connectivity index is 3.94. The highest BCUT2D eigenvalue weighted by molar-refractivity contribution is 5.71. The van der Waals surface area contributed by atoms with Gasteiger partial charge in [0.15, 0.2) is 6.10 Å². The van der Waals surface area contributed by atoms with Crippen molar-refractivity contribution >= 4 is 17.9 Å². The van der Waals surface area contributed by atoms with Crippen molar-refractivity contribution in [3.63, 3.8) is 0 Å². The minimum Gasteiger partial charge on any atom is -0.462 e. The molecule has 6 heteroatoms. The van der Waals surface area contributed by atoms with Crippen LogP contribution in [0.4, 0.5) is 0 Å². The number of esters is 3. The van der Waals surface area contributed by atoms with Crippen molar-refractivity contribution < 1.29 is 28.6 Å². The van der Waals surface area contributed by atoms with Gasteiger partial charge >= 0.3 is 17.9 Å². The first-order valence-electron chi connectivity index (χ1n) is 29.7. The first-order chi connectivity index (χ1) is 32.5. The smallest absolute Gasteiger partial charge is 0.306 e. The van der Waals surface area contributed by atoms with E-state index < -0.39 is 6.10 Å².